The molecule has 1 heteroatoms. The highest BCUT2D eigenvalue weighted by atomic mass is 14.8. The van der Waals surface area contributed by atoms with Crippen molar-refractivity contribution in [3.05, 3.63) is 70.8 Å². The van der Waals surface area contributed by atoms with Crippen molar-refractivity contribution in [2.24, 2.45) is 0 Å². The van der Waals surface area contributed by atoms with Gasteiger partial charge in [-0.15, -0.1) is 0 Å². The number of nitrogens with one attached hydrogen (secondary N) is 1. The normalized spacial score (nSPS) is 15.1. The van der Waals surface area contributed by atoms with E-state index in [0.29, 0.717) is 5.92 Å². The van der Waals surface area contributed by atoms with E-state index in [0.717, 1.165) is 13.0 Å². The summed E-state index contributed by atoms with van der Waals surface area (Å²) in [6, 6.07) is 18.0. The number of hydrogen-bond donors (Lipinski definition) is 1. The highest BCUT2D eigenvalue weighted by molar-refractivity contribution is 5.36. The van der Waals surface area contributed by atoms with Crippen LogP contribution in [0.25, 0.3) is 0 Å². The van der Waals surface area contributed by atoms with Gasteiger partial charge in [-0.1, -0.05) is 48.5 Å². The molecule has 3 rings (SSSR count). The Balaban J connectivity index is 1.80. The van der Waals surface area contributed by atoms with E-state index in [2.05, 4.69) is 53.8 Å². The Bertz CT molecular complexity index is 559. The molecular weight excluding hydrogens is 242 g/mol. The van der Waals surface area contributed by atoms with Gasteiger partial charge in [-0.2, -0.15) is 0 Å². The van der Waals surface area contributed by atoms with Gasteiger partial charge in [0, 0.05) is 12.5 Å². The summed E-state index contributed by atoms with van der Waals surface area (Å²) in [5, 5.41) is 3.34. The van der Waals surface area contributed by atoms with Crippen molar-refractivity contribution in [2.75, 3.05) is 13.6 Å². The second kappa shape index (κ2) is 6.23. The topological polar surface area (TPSA) is 12.0 Å². The number of hydrogen-bond acceptors (Lipinski definition) is 1. The van der Waals surface area contributed by atoms with E-state index in [9.17, 15) is 0 Å². The molecule has 1 N–H and O–H groups in total. The second-order valence-corrected chi connectivity index (χ2v) is 5.83. The van der Waals surface area contributed by atoms with Gasteiger partial charge < -0.3 is 5.32 Å². The van der Waals surface area contributed by atoms with Crippen molar-refractivity contribution in [3.63, 3.8) is 0 Å². The van der Waals surface area contributed by atoms with Crippen LogP contribution in [-0.4, -0.2) is 13.6 Å². The van der Waals surface area contributed by atoms with Crippen molar-refractivity contribution in [3.8, 4) is 0 Å². The Hall–Kier alpha value is -1.60. The average Bonchev–Trinajstić information content (AvgIpc) is 2.95. The first-order valence-electron chi connectivity index (χ1n) is 7.67. The zero-order valence-corrected chi connectivity index (χ0v) is 12.2. The van der Waals surface area contributed by atoms with Crippen LogP contribution in [0.15, 0.2) is 48.5 Å². The Labute approximate surface area is 122 Å². The van der Waals surface area contributed by atoms with Crippen molar-refractivity contribution >= 4 is 0 Å². The van der Waals surface area contributed by atoms with Crippen molar-refractivity contribution < 1.29 is 0 Å². The molecule has 0 saturated heterocycles. The highest BCUT2D eigenvalue weighted by Gasteiger charge is 2.14. The zero-order valence-electron chi connectivity index (χ0n) is 12.2. The van der Waals surface area contributed by atoms with Crippen LogP contribution in [0.1, 0.15) is 34.6 Å². The van der Waals surface area contributed by atoms with Gasteiger partial charge in [-0.05, 0) is 55.0 Å². The number of benzene rings is 2. The summed E-state index contributed by atoms with van der Waals surface area (Å²) in [4.78, 5) is 0. The van der Waals surface area contributed by atoms with E-state index in [1.54, 1.807) is 11.1 Å². The first-order valence-corrected chi connectivity index (χ1v) is 7.67. The maximum Gasteiger partial charge on any atom is 0.00203 e. The molecule has 0 radical (unpaired) electrons. The van der Waals surface area contributed by atoms with Crippen LogP contribution in [0.2, 0.25) is 0 Å². The first kappa shape index (κ1) is 13.4. The SMILES string of the molecule is CNCC(Cc1ccc2c(c1)CCC2)c1ccccc1. The summed E-state index contributed by atoms with van der Waals surface area (Å²) in [5.41, 5.74) is 6.06. The molecule has 0 spiro atoms. The number of likely N-dealkylation sites (N-methyl/N-ethyl adjacent to an activating group) is 1. The molecule has 2 aromatic carbocycles. The molecule has 20 heavy (non-hydrogen) atoms. The summed E-state index contributed by atoms with van der Waals surface area (Å²) in [6.45, 7) is 1.03. The largest absolute Gasteiger partial charge is 0.319 e. The van der Waals surface area contributed by atoms with Crippen LogP contribution in [0.4, 0.5) is 0 Å². The number of aryl methyl sites for hydroxylation is 2. The van der Waals surface area contributed by atoms with E-state index in [4.69, 9.17) is 0 Å². The fourth-order valence-electron chi connectivity index (χ4n) is 3.32. The molecule has 1 atom stereocenters. The van der Waals surface area contributed by atoms with Gasteiger partial charge >= 0.3 is 0 Å². The van der Waals surface area contributed by atoms with Gasteiger partial charge in [0.25, 0.3) is 0 Å². The van der Waals surface area contributed by atoms with Gasteiger partial charge in [0.05, 0.1) is 0 Å². The fraction of sp³-hybridized carbons (Fsp3) is 0.368. The molecular formula is C19H23N. The maximum absolute atomic E-state index is 3.34. The Morgan fingerprint density at radius 2 is 1.80 bits per heavy atom. The number of fused-ring (bicyclic) bond motifs is 1. The van der Waals surface area contributed by atoms with Crippen LogP contribution in [0.3, 0.4) is 0 Å². The van der Waals surface area contributed by atoms with E-state index in [1.807, 2.05) is 7.05 Å². The van der Waals surface area contributed by atoms with Crippen LogP contribution in [0.5, 0.6) is 0 Å². The predicted octanol–water partition coefficient (Wildman–Crippen LogP) is 3.72. The van der Waals surface area contributed by atoms with Crippen LogP contribution in [-0.2, 0) is 19.3 Å². The molecule has 104 valence electrons. The summed E-state index contributed by atoms with van der Waals surface area (Å²) in [7, 11) is 2.04. The maximum atomic E-state index is 3.34. The molecule has 0 bridgehead atoms. The lowest BCUT2D eigenvalue weighted by Crippen LogP contribution is -2.19. The van der Waals surface area contributed by atoms with Crippen LogP contribution in [0, 0.1) is 0 Å². The molecule has 2 aromatic rings. The average molecular weight is 265 g/mol. The smallest absolute Gasteiger partial charge is 0.00203 e. The van der Waals surface area contributed by atoms with Gasteiger partial charge in [0.15, 0.2) is 0 Å². The molecule has 1 aliphatic carbocycles. The third kappa shape index (κ3) is 2.94. The van der Waals surface area contributed by atoms with Crippen molar-refractivity contribution in [1.29, 1.82) is 0 Å². The number of rotatable bonds is 5. The molecule has 0 aromatic heterocycles. The lowest BCUT2D eigenvalue weighted by molar-refractivity contribution is 0.625. The third-order valence-electron chi connectivity index (χ3n) is 4.37. The van der Waals surface area contributed by atoms with E-state index < -0.39 is 0 Å². The van der Waals surface area contributed by atoms with Crippen LogP contribution < -0.4 is 5.32 Å². The molecule has 0 saturated carbocycles. The van der Waals surface area contributed by atoms with Gasteiger partial charge in [0.2, 0.25) is 0 Å². The molecule has 0 heterocycles. The third-order valence-corrected chi connectivity index (χ3v) is 4.37. The monoisotopic (exact) mass is 265 g/mol. The van der Waals surface area contributed by atoms with E-state index in [-0.39, 0.29) is 0 Å². The minimum Gasteiger partial charge on any atom is -0.319 e. The van der Waals surface area contributed by atoms with Gasteiger partial charge in [-0.3, -0.25) is 0 Å². The molecule has 1 nitrogen and oxygen atoms in total. The highest BCUT2D eigenvalue weighted by Crippen LogP contribution is 2.26. The predicted molar refractivity (Wildman–Crippen MR) is 85.3 cm³/mol. The Morgan fingerprint density at radius 1 is 1.00 bits per heavy atom. The van der Waals surface area contributed by atoms with Gasteiger partial charge in [0.1, 0.15) is 0 Å². The van der Waals surface area contributed by atoms with Crippen LogP contribution >= 0.6 is 0 Å². The Kier molecular flexibility index (Phi) is 4.17. The van der Waals surface area contributed by atoms with E-state index in [1.165, 1.54) is 30.4 Å². The van der Waals surface area contributed by atoms with Crippen molar-refractivity contribution in [1.82, 2.24) is 5.32 Å². The first-order chi connectivity index (χ1) is 9.86. The molecule has 0 aliphatic heterocycles. The second-order valence-electron chi connectivity index (χ2n) is 5.83. The molecule has 0 amide bonds. The molecule has 1 aliphatic rings. The zero-order chi connectivity index (χ0) is 13.8. The summed E-state index contributed by atoms with van der Waals surface area (Å²) >= 11 is 0. The quantitative estimate of drug-likeness (QED) is 0.869. The summed E-state index contributed by atoms with van der Waals surface area (Å²) in [6.07, 6.45) is 5.00. The molecule has 1 unspecified atom stereocenters. The molecule has 0 fully saturated rings. The van der Waals surface area contributed by atoms with Gasteiger partial charge in [-0.25, -0.2) is 0 Å². The summed E-state index contributed by atoms with van der Waals surface area (Å²) in [5.74, 6) is 0.556. The lowest BCUT2D eigenvalue weighted by atomic mass is 9.91. The minimum atomic E-state index is 0.556. The lowest BCUT2D eigenvalue weighted by Gasteiger charge is -2.18. The standard InChI is InChI=1S/C19H23N/c1-20-14-19(16-6-3-2-4-7-16)13-15-10-11-17-8-5-9-18(17)12-15/h2-4,6-7,10-12,19-20H,5,8-9,13-14H2,1H3. The van der Waals surface area contributed by atoms with Crippen molar-refractivity contribution in [2.45, 2.75) is 31.6 Å². The minimum absolute atomic E-state index is 0.556. The Morgan fingerprint density at radius 3 is 2.60 bits per heavy atom. The van der Waals surface area contributed by atoms with E-state index >= 15 is 0 Å². The fourth-order valence-corrected chi connectivity index (χ4v) is 3.32. The summed E-state index contributed by atoms with van der Waals surface area (Å²) < 4.78 is 0.